The summed E-state index contributed by atoms with van der Waals surface area (Å²) in [5.41, 5.74) is 1.08. The molecule has 2 heteroatoms. The molecule has 1 aromatic carbocycles. The highest BCUT2D eigenvalue weighted by Gasteiger charge is 1.96. The molecular formula is C10H11O2. The maximum Gasteiger partial charge on any atom is 0.303 e. The summed E-state index contributed by atoms with van der Waals surface area (Å²) in [6, 6.07) is 10.7. The highest BCUT2D eigenvalue weighted by molar-refractivity contribution is 5.66. The molecular weight excluding hydrogens is 152 g/mol. The Bertz CT molecular complexity index is 241. The van der Waals surface area contributed by atoms with Gasteiger partial charge in [0.05, 0.1) is 0 Å². The fourth-order valence-corrected chi connectivity index (χ4v) is 1.02. The fraction of sp³-hybridized carbons (Fsp3) is 0.300. The molecule has 1 aromatic rings. The van der Waals surface area contributed by atoms with Crippen molar-refractivity contribution >= 4 is 5.97 Å². The molecule has 63 valence electrons. The van der Waals surface area contributed by atoms with Crippen molar-refractivity contribution in [3.8, 4) is 0 Å². The normalized spacial score (nSPS) is 9.67. The van der Waals surface area contributed by atoms with Gasteiger partial charge in [-0.2, -0.15) is 0 Å². The van der Waals surface area contributed by atoms with Gasteiger partial charge in [0, 0.05) is 6.42 Å². The molecule has 2 nitrogen and oxygen atoms in total. The lowest BCUT2D eigenvalue weighted by Crippen LogP contribution is -1.95. The Morgan fingerprint density at radius 3 is 2.92 bits per heavy atom. The summed E-state index contributed by atoms with van der Waals surface area (Å²) < 4.78 is 0. The zero-order valence-electron chi connectivity index (χ0n) is 6.79. The smallest absolute Gasteiger partial charge is 0.303 e. The first-order chi connectivity index (χ1) is 5.79. The van der Waals surface area contributed by atoms with Crippen LogP contribution >= 0.6 is 0 Å². The van der Waals surface area contributed by atoms with Gasteiger partial charge in [-0.1, -0.05) is 24.3 Å². The average Bonchev–Trinajstić information content (AvgIpc) is 2.05. The maximum atomic E-state index is 10.2. The Labute approximate surface area is 71.8 Å². The zero-order chi connectivity index (χ0) is 8.81. The molecule has 0 aliphatic heterocycles. The first-order valence-corrected chi connectivity index (χ1v) is 3.96. The van der Waals surface area contributed by atoms with Gasteiger partial charge in [0.25, 0.3) is 0 Å². The molecule has 12 heavy (non-hydrogen) atoms. The van der Waals surface area contributed by atoms with E-state index in [0.29, 0.717) is 6.42 Å². The number of benzene rings is 1. The van der Waals surface area contributed by atoms with E-state index >= 15 is 0 Å². The second-order valence-corrected chi connectivity index (χ2v) is 2.64. The van der Waals surface area contributed by atoms with E-state index in [1.165, 1.54) is 0 Å². The molecule has 0 atom stereocenters. The molecule has 0 aromatic heterocycles. The molecule has 0 amide bonds. The van der Waals surface area contributed by atoms with Gasteiger partial charge in [-0.15, -0.1) is 0 Å². The Morgan fingerprint density at radius 2 is 2.33 bits per heavy atom. The summed E-state index contributed by atoms with van der Waals surface area (Å²) in [7, 11) is 0. The van der Waals surface area contributed by atoms with Crippen LogP contribution in [0.1, 0.15) is 18.4 Å². The molecule has 0 saturated heterocycles. The number of hydrogen-bond acceptors (Lipinski definition) is 1. The van der Waals surface area contributed by atoms with Gasteiger partial charge in [-0.25, -0.2) is 0 Å². The first kappa shape index (κ1) is 8.78. The maximum absolute atomic E-state index is 10.2. The monoisotopic (exact) mass is 163 g/mol. The van der Waals surface area contributed by atoms with Crippen LogP contribution in [0.4, 0.5) is 0 Å². The molecule has 1 N–H and O–H groups in total. The van der Waals surface area contributed by atoms with Crippen molar-refractivity contribution in [2.24, 2.45) is 0 Å². The third-order valence-electron chi connectivity index (χ3n) is 1.61. The topological polar surface area (TPSA) is 37.3 Å². The van der Waals surface area contributed by atoms with Gasteiger partial charge in [-0.05, 0) is 24.5 Å². The summed E-state index contributed by atoms with van der Waals surface area (Å²) in [6.45, 7) is 0. The van der Waals surface area contributed by atoms with E-state index in [4.69, 9.17) is 5.11 Å². The molecule has 1 rings (SSSR count). The number of carboxylic acids is 1. The van der Waals surface area contributed by atoms with Crippen LogP contribution in [0, 0.1) is 6.07 Å². The van der Waals surface area contributed by atoms with Crippen LogP contribution in [-0.2, 0) is 11.2 Å². The summed E-state index contributed by atoms with van der Waals surface area (Å²) >= 11 is 0. The molecule has 0 spiro atoms. The number of aliphatic carboxylic acids is 1. The second-order valence-electron chi connectivity index (χ2n) is 2.64. The lowest BCUT2D eigenvalue weighted by atomic mass is 10.1. The number of carbonyl (C=O) groups is 1. The minimum atomic E-state index is -0.731. The van der Waals surface area contributed by atoms with Gasteiger partial charge in [0.1, 0.15) is 0 Å². The largest absolute Gasteiger partial charge is 0.481 e. The molecule has 0 fully saturated rings. The van der Waals surface area contributed by atoms with Crippen molar-refractivity contribution in [2.75, 3.05) is 0 Å². The molecule has 0 aliphatic carbocycles. The van der Waals surface area contributed by atoms with Crippen molar-refractivity contribution in [1.82, 2.24) is 0 Å². The minimum Gasteiger partial charge on any atom is -0.481 e. The van der Waals surface area contributed by atoms with Crippen LogP contribution in [0.2, 0.25) is 0 Å². The zero-order valence-corrected chi connectivity index (χ0v) is 6.79. The highest BCUT2D eigenvalue weighted by Crippen LogP contribution is 2.03. The van der Waals surface area contributed by atoms with E-state index in [1.54, 1.807) is 0 Å². The predicted octanol–water partition coefficient (Wildman–Crippen LogP) is 1.89. The lowest BCUT2D eigenvalue weighted by molar-refractivity contribution is -0.137. The number of hydrogen-bond donors (Lipinski definition) is 1. The second kappa shape index (κ2) is 4.54. The molecule has 0 unspecified atom stereocenters. The van der Waals surface area contributed by atoms with Crippen molar-refractivity contribution in [1.29, 1.82) is 0 Å². The van der Waals surface area contributed by atoms with Crippen LogP contribution in [-0.4, -0.2) is 11.1 Å². The summed E-state index contributed by atoms with van der Waals surface area (Å²) in [5.74, 6) is -0.731. The molecule has 0 heterocycles. The van der Waals surface area contributed by atoms with Gasteiger partial charge in [-0.3, -0.25) is 4.79 Å². The lowest BCUT2D eigenvalue weighted by Gasteiger charge is -1.96. The third kappa shape index (κ3) is 3.19. The van der Waals surface area contributed by atoms with Crippen molar-refractivity contribution < 1.29 is 9.90 Å². The van der Waals surface area contributed by atoms with Crippen molar-refractivity contribution in [3.05, 3.63) is 35.9 Å². The predicted molar refractivity (Wildman–Crippen MR) is 45.9 cm³/mol. The minimum absolute atomic E-state index is 0.239. The highest BCUT2D eigenvalue weighted by atomic mass is 16.4. The Hall–Kier alpha value is -1.31. The molecule has 0 bridgehead atoms. The van der Waals surface area contributed by atoms with Gasteiger partial charge >= 0.3 is 5.97 Å². The number of rotatable bonds is 4. The van der Waals surface area contributed by atoms with Gasteiger partial charge in [0.2, 0.25) is 0 Å². The Kier molecular flexibility index (Phi) is 3.33. The van der Waals surface area contributed by atoms with E-state index in [0.717, 1.165) is 12.0 Å². The summed E-state index contributed by atoms with van der Waals surface area (Å²) in [4.78, 5) is 10.2. The molecule has 0 aliphatic rings. The fourth-order valence-electron chi connectivity index (χ4n) is 1.02. The van der Waals surface area contributed by atoms with Crippen molar-refractivity contribution in [2.45, 2.75) is 19.3 Å². The SMILES string of the molecule is O=C(O)CCCc1[c]cccc1. The van der Waals surface area contributed by atoms with E-state index in [9.17, 15) is 4.79 Å². The van der Waals surface area contributed by atoms with Crippen LogP contribution in [0.3, 0.4) is 0 Å². The summed E-state index contributed by atoms with van der Waals surface area (Å²) in [6.07, 6.45) is 1.73. The number of carboxylic acid groups (broad SMARTS) is 1. The Balaban J connectivity index is 2.29. The first-order valence-electron chi connectivity index (χ1n) is 3.96. The van der Waals surface area contributed by atoms with E-state index < -0.39 is 5.97 Å². The standard InChI is InChI=1S/C10H11O2/c11-10(12)8-4-7-9-5-2-1-3-6-9/h1-3,5H,4,7-8H2,(H,11,12). The van der Waals surface area contributed by atoms with Crippen molar-refractivity contribution in [3.63, 3.8) is 0 Å². The molecule has 1 radical (unpaired) electrons. The average molecular weight is 163 g/mol. The van der Waals surface area contributed by atoms with E-state index in [2.05, 4.69) is 6.07 Å². The van der Waals surface area contributed by atoms with Gasteiger partial charge < -0.3 is 5.11 Å². The van der Waals surface area contributed by atoms with Crippen LogP contribution < -0.4 is 0 Å². The van der Waals surface area contributed by atoms with Gasteiger partial charge in [0.15, 0.2) is 0 Å². The quantitative estimate of drug-likeness (QED) is 0.736. The molecule has 0 saturated carbocycles. The van der Waals surface area contributed by atoms with Crippen LogP contribution in [0.25, 0.3) is 0 Å². The number of aryl methyl sites for hydroxylation is 1. The summed E-state index contributed by atoms with van der Waals surface area (Å²) in [5, 5.41) is 8.38. The van der Waals surface area contributed by atoms with Crippen LogP contribution in [0.5, 0.6) is 0 Å². The van der Waals surface area contributed by atoms with E-state index in [1.807, 2.05) is 24.3 Å². The Morgan fingerprint density at radius 1 is 1.50 bits per heavy atom. The third-order valence-corrected chi connectivity index (χ3v) is 1.61. The van der Waals surface area contributed by atoms with E-state index in [-0.39, 0.29) is 6.42 Å². The van der Waals surface area contributed by atoms with Crippen LogP contribution in [0.15, 0.2) is 24.3 Å².